The summed E-state index contributed by atoms with van der Waals surface area (Å²) in [5.74, 6) is -0.145. The van der Waals surface area contributed by atoms with Gasteiger partial charge in [0.15, 0.2) is 6.29 Å². The van der Waals surface area contributed by atoms with Gasteiger partial charge in [0.2, 0.25) is 11.8 Å². The first-order valence-corrected chi connectivity index (χ1v) is 16.2. The molecule has 3 aromatic rings. The molecule has 2 heterocycles. The number of nitrogens with one attached hydrogen (secondary N) is 2. The maximum atomic E-state index is 12.7. The molecule has 45 heavy (non-hydrogen) atoms. The molecule has 0 aliphatic carbocycles. The smallest absolute Gasteiger partial charge is 0.224 e. The van der Waals surface area contributed by atoms with E-state index in [1.807, 2.05) is 60.7 Å². The van der Waals surface area contributed by atoms with E-state index in [1.165, 1.54) is 19.3 Å². The number of carbonyl (C=O) groups is 2. The zero-order valence-electron chi connectivity index (χ0n) is 26.0. The number of amides is 2. The molecule has 0 saturated carbocycles. The minimum atomic E-state index is -0.565. The quantitative estimate of drug-likeness (QED) is 0.131. The molecule has 2 fully saturated rings. The van der Waals surface area contributed by atoms with Crippen molar-refractivity contribution < 1.29 is 24.2 Å². The van der Waals surface area contributed by atoms with Gasteiger partial charge in [-0.2, -0.15) is 0 Å². The minimum Gasteiger partial charge on any atom is -0.397 e. The number of benzene rings is 3. The Balaban J connectivity index is 1.13. The van der Waals surface area contributed by atoms with Crippen molar-refractivity contribution >= 4 is 28.9 Å². The van der Waals surface area contributed by atoms with Crippen LogP contribution in [0.25, 0.3) is 0 Å². The van der Waals surface area contributed by atoms with Gasteiger partial charge in [-0.3, -0.25) is 9.59 Å². The number of aliphatic hydroxyl groups excluding tert-OH is 1. The van der Waals surface area contributed by atoms with Crippen LogP contribution in [0.1, 0.15) is 86.9 Å². The highest BCUT2D eigenvalue weighted by atomic mass is 16.7. The van der Waals surface area contributed by atoms with E-state index in [2.05, 4.69) is 15.5 Å². The number of rotatable bonds is 13. The highest BCUT2D eigenvalue weighted by molar-refractivity contribution is 5.93. The fourth-order valence-corrected chi connectivity index (χ4v) is 6.02. The molecule has 3 atom stereocenters. The third-order valence-electron chi connectivity index (χ3n) is 8.51. The molecule has 2 saturated heterocycles. The zero-order chi connectivity index (χ0) is 31.4. The highest BCUT2D eigenvalue weighted by Gasteiger charge is 2.33. The van der Waals surface area contributed by atoms with Crippen LogP contribution in [0.15, 0.2) is 72.8 Å². The van der Waals surface area contributed by atoms with Gasteiger partial charge in [-0.05, 0) is 74.2 Å². The number of nitrogen functional groups attached to an aromatic ring is 1. The molecule has 9 heteroatoms. The largest absolute Gasteiger partial charge is 0.397 e. The van der Waals surface area contributed by atoms with E-state index in [9.17, 15) is 14.7 Å². The Morgan fingerprint density at radius 2 is 1.56 bits per heavy atom. The van der Waals surface area contributed by atoms with Crippen LogP contribution < -0.4 is 16.4 Å². The monoisotopic (exact) mass is 614 g/mol. The van der Waals surface area contributed by atoms with Crippen molar-refractivity contribution in [3.8, 4) is 0 Å². The third kappa shape index (κ3) is 9.86. The average molecular weight is 615 g/mol. The second kappa shape index (κ2) is 16.5. The van der Waals surface area contributed by atoms with Gasteiger partial charge in [0.05, 0.1) is 30.2 Å². The van der Waals surface area contributed by atoms with Crippen LogP contribution in [-0.2, 0) is 25.7 Å². The Kier molecular flexibility index (Phi) is 12.0. The van der Waals surface area contributed by atoms with Crippen molar-refractivity contribution in [3.63, 3.8) is 0 Å². The third-order valence-corrected chi connectivity index (χ3v) is 8.51. The van der Waals surface area contributed by atoms with Gasteiger partial charge in [-0.1, -0.05) is 61.4 Å². The van der Waals surface area contributed by atoms with Gasteiger partial charge < -0.3 is 35.8 Å². The predicted octanol–water partition coefficient (Wildman–Crippen LogP) is 6.32. The maximum absolute atomic E-state index is 12.7. The Hall–Kier alpha value is -3.76. The molecule has 0 bridgehead atoms. The lowest BCUT2D eigenvalue weighted by molar-refractivity contribution is -0.253. The lowest BCUT2D eigenvalue weighted by Crippen LogP contribution is -2.41. The van der Waals surface area contributed by atoms with Gasteiger partial charge in [0.1, 0.15) is 0 Å². The van der Waals surface area contributed by atoms with Crippen LogP contribution in [0.5, 0.6) is 0 Å². The Morgan fingerprint density at radius 1 is 0.822 bits per heavy atom. The number of aliphatic hydroxyl groups is 1. The number of anilines is 3. The van der Waals surface area contributed by atoms with E-state index in [1.54, 1.807) is 12.1 Å². The van der Waals surface area contributed by atoms with Gasteiger partial charge >= 0.3 is 0 Å². The van der Waals surface area contributed by atoms with Gasteiger partial charge in [0, 0.05) is 37.1 Å². The van der Waals surface area contributed by atoms with Crippen LogP contribution >= 0.6 is 0 Å². The topological polar surface area (TPSA) is 126 Å². The van der Waals surface area contributed by atoms with Gasteiger partial charge in [0.25, 0.3) is 0 Å². The number of carbonyl (C=O) groups excluding carboxylic acids is 2. The molecule has 2 aliphatic rings. The summed E-state index contributed by atoms with van der Waals surface area (Å²) in [6, 6.07) is 22.8. The summed E-state index contributed by atoms with van der Waals surface area (Å²) in [7, 11) is 0. The molecule has 5 rings (SSSR count). The summed E-state index contributed by atoms with van der Waals surface area (Å²) >= 11 is 0. The van der Waals surface area contributed by atoms with E-state index in [0.717, 1.165) is 49.2 Å². The molecule has 2 aliphatic heterocycles. The van der Waals surface area contributed by atoms with E-state index in [-0.39, 0.29) is 30.6 Å². The molecule has 3 aromatic carbocycles. The van der Waals surface area contributed by atoms with Gasteiger partial charge in [-0.15, -0.1) is 0 Å². The second-order valence-corrected chi connectivity index (χ2v) is 12.1. The van der Waals surface area contributed by atoms with E-state index in [4.69, 9.17) is 15.2 Å². The first-order valence-electron chi connectivity index (χ1n) is 16.2. The Bertz CT molecular complexity index is 1390. The number of ether oxygens (including phenoxy) is 2. The lowest BCUT2D eigenvalue weighted by atomic mass is 9.99. The zero-order valence-corrected chi connectivity index (χ0v) is 26.0. The summed E-state index contributed by atoms with van der Waals surface area (Å²) in [4.78, 5) is 27.5. The molecule has 0 spiro atoms. The lowest BCUT2D eigenvalue weighted by Gasteiger charge is -2.39. The first kappa shape index (κ1) is 32.6. The van der Waals surface area contributed by atoms with Crippen LogP contribution in [0.4, 0.5) is 17.1 Å². The fourth-order valence-electron chi connectivity index (χ4n) is 6.02. The SMILES string of the molecule is Nc1ccccc1NC(=O)CCCCCC(=O)Nc1cccc(C2OC(CN3CCCCC3)CC(c3ccc(CO)cc3)O2)c1. The van der Waals surface area contributed by atoms with E-state index < -0.39 is 6.29 Å². The van der Waals surface area contributed by atoms with Gasteiger partial charge in [-0.25, -0.2) is 0 Å². The summed E-state index contributed by atoms with van der Waals surface area (Å²) in [5.41, 5.74) is 10.6. The number of hydrogen-bond donors (Lipinski definition) is 4. The summed E-state index contributed by atoms with van der Waals surface area (Å²) in [6.45, 7) is 3.07. The number of hydrogen-bond acceptors (Lipinski definition) is 7. The second-order valence-electron chi connectivity index (χ2n) is 12.1. The molecule has 2 amide bonds. The number of nitrogens with two attached hydrogens (primary N) is 1. The van der Waals surface area contributed by atoms with Crippen molar-refractivity contribution in [1.82, 2.24) is 4.90 Å². The molecule has 0 radical (unpaired) electrons. The summed E-state index contributed by atoms with van der Waals surface area (Å²) < 4.78 is 13.0. The van der Waals surface area contributed by atoms with Crippen LogP contribution in [-0.4, -0.2) is 47.6 Å². The Labute approximate surface area is 266 Å². The highest BCUT2D eigenvalue weighted by Crippen LogP contribution is 2.39. The number of likely N-dealkylation sites (tertiary alicyclic amines) is 1. The molecular weight excluding hydrogens is 568 g/mol. The molecule has 5 N–H and O–H groups in total. The normalized spacial score (nSPS) is 20.4. The molecular formula is C36H46N4O5. The standard InChI is InChI=1S/C36H46N4O5/c37-31-12-5-6-13-32(31)39-35(43)15-4-1-3-14-34(42)38-29-11-9-10-28(22-29)36-44-30(24-40-20-7-2-8-21-40)23-33(45-36)27-18-16-26(25-41)17-19-27/h5-6,9-13,16-19,22,30,33,36,41H,1-4,7-8,14-15,20-21,23-25,37H2,(H,38,42)(H,39,43). The van der Waals surface area contributed by atoms with E-state index in [0.29, 0.717) is 42.7 Å². The van der Waals surface area contributed by atoms with E-state index >= 15 is 0 Å². The summed E-state index contributed by atoms with van der Waals surface area (Å²) in [5, 5.41) is 15.3. The number of unbranched alkanes of at least 4 members (excludes halogenated alkanes) is 2. The molecule has 9 nitrogen and oxygen atoms in total. The van der Waals surface area contributed by atoms with Crippen molar-refractivity contribution in [2.45, 2.75) is 82.9 Å². The van der Waals surface area contributed by atoms with Crippen molar-refractivity contribution in [2.24, 2.45) is 0 Å². The maximum Gasteiger partial charge on any atom is 0.224 e. The minimum absolute atomic E-state index is 0.00902. The van der Waals surface area contributed by atoms with Crippen LogP contribution in [0.3, 0.4) is 0 Å². The van der Waals surface area contributed by atoms with Crippen molar-refractivity contribution in [1.29, 1.82) is 0 Å². The molecule has 240 valence electrons. The van der Waals surface area contributed by atoms with Crippen molar-refractivity contribution in [2.75, 3.05) is 36.0 Å². The molecule has 0 aromatic heterocycles. The van der Waals surface area contributed by atoms with Crippen molar-refractivity contribution in [3.05, 3.63) is 89.5 Å². The molecule has 3 unspecified atom stereocenters. The first-order chi connectivity index (χ1) is 22.0. The summed E-state index contributed by atoms with van der Waals surface area (Å²) in [6.07, 6.45) is 6.70. The fraction of sp³-hybridized carbons (Fsp3) is 0.444. The number of para-hydroxylation sites is 2. The predicted molar refractivity (Wildman–Crippen MR) is 176 cm³/mol. The van der Waals surface area contributed by atoms with Crippen LogP contribution in [0, 0.1) is 0 Å². The Morgan fingerprint density at radius 3 is 2.29 bits per heavy atom. The number of nitrogens with zero attached hydrogens (tertiary/aromatic N) is 1. The number of piperidine rings is 1. The average Bonchev–Trinajstić information content (AvgIpc) is 3.06. The van der Waals surface area contributed by atoms with Crippen LogP contribution in [0.2, 0.25) is 0 Å².